The largest absolute Gasteiger partial charge is 0.432 e. The van der Waals surface area contributed by atoms with E-state index in [1.807, 2.05) is 6.92 Å². The molecule has 0 radical (unpaired) electrons. The lowest BCUT2D eigenvalue weighted by Gasteiger charge is -2.71. The molecule has 35 heteroatoms. The molecule has 0 aromatic carbocycles. The van der Waals surface area contributed by atoms with Gasteiger partial charge in [-0.05, 0) is 117 Å². The molecule has 20 N–H and O–H groups in total. The van der Waals surface area contributed by atoms with Crippen molar-refractivity contribution in [2.45, 2.75) is 328 Å². The van der Waals surface area contributed by atoms with Gasteiger partial charge in [-0.3, -0.25) is 4.79 Å². The third-order valence-corrected chi connectivity index (χ3v) is 27.0. The van der Waals surface area contributed by atoms with E-state index in [1.54, 1.807) is 0 Å². The minimum Gasteiger partial charge on any atom is -0.432 e. The van der Waals surface area contributed by atoms with Crippen LogP contribution in [0, 0.1) is 50.2 Å². The first-order chi connectivity index (χ1) is 49.3. The Balaban J connectivity index is 0.704. The second kappa shape index (κ2) is 31.3. The summed E-state index contributed by atoms with van der Waals surface area (Å²) < 4.78 is 83.0. The smallest absolute Gasteiger partial charge is 0.315 e. The fraction of sp³-hybridized carbons (Fsp3) is 0.957. The minimum atomic E-state index is -2.01. The van der Waals surface area contributed by atoms with E-state index < -0.39 is 263 Å². The zero-order valence-electron chi connectivity index (χ0n) is 60.3. The molecule has 0 aromatic heterocycles. The summed E-state index contributed by atoms with van der Waals surface area (Å²) in [5.41, 5.74) is -2.42. The van der Waals surface area contributed by atoms with Gasteiger partial charge in [0.05, 0.1) is 63.4 Å². The molecule has 42 atom stereocenters. The van der Waals surface area contributed by atoms with Gasteiger partial charge in [-0.15, -0.1) is 0 Å². The second-order valence-corrected chi connectivity index (χ2v) is 33.7. The molecule has 0 bridgehead atoms. The Morgan fingerprint density at radius 3 is 1.59 bits per heavy atom. The molecule has 0 spiro atoms. The number of rotatable bonds is 18. The SMILES string of the molecule is CC1OC(OC2C(OC3CCC4(C)C(CCC5(C)C4CC=C4C6CC(C)(C)CCC6(C(=O)OC6OC(COC7OC(CO)C(OC8OC(C)C(O)C(OC9OC(CO)C(O)C(O)C9O)C8O)C(O)C7O)C(O)C(O)C6O)CCC45C)C3(C)CO)OCC(O)C2O)C(O)C(OC2OCC(O)C(O)C2O)C1O. The molecule has 604 valence electrons. The molecule has 12 rings (SSSR count). The predicted molar refractivity (Wildman–Crippen MR) is 347 cm³/mol. The molecule has 0 aromatic rings. The highest BCUT2D eigenvalue weighted by Gasteiger charge is 2.71. The average Bonchev–Trinajstić information content (AvgIpc) is 0.674. The Bertz CT molecular complexity index is 2970. The van der Waals surface area contributed by atoms with E-state index in [1.165, 1.54) is 13.8 Å². The number of hydrogen-bond acceptors (Lipinski definition) is 35. The maximum atomic E-state index is 15.4. The molecule has 4 saturated carbocycles. The van der Waals surface area contributed by atoms with Gasteiger partial charge < -0.3 is 168 Å². The van der Waals surface area contributed by atoms with Crippen LogP contribution in [0.5, 0.6) is 0 Å². The predicted octanol–water partition coefficient (Wildman–Crippen LogP) is -6.26. The van der Waals surface area contributed by atoms with Crippen LogP contribution in [0.1, 0.15) is 120 Å². The molecule has 35 nitrogen and oxygen atoms in total. The van der Waals surface area contributed by atoms with E-state index in [4.69, 9.17) is 66.3 Å². The molecular weight excluding hydrogens is 1400 g/mol. The number of fused-ring (bicyclic) bond motifs is 7. The highest BCUT2D eigenvalue weighted by atomic mass is 16.8. The van der Waals surface area contributed by atoms with Gasteiger partial charge in [0.25, 0.3) is 0 Å². The topological polar surface area (TPSA) is 551 Å². The van der Waals surface area contributed by atoms with Crippen molar-refractivity contribution in [1.82, 2.24) is 0 Å². The fourth-order valence-corrected chi connectivity index (χ4v) is 20.2. The maximum absolute atomic E-state index is 15.4. The number of hydrogen-bond donors (Lipinski definition) is 20. The summed E-state index contributed by atoms with van der Waals surface area (Å²) in [6.45, 7) is 12.5. The zero-order chi connectivity index (χ0) is 76.4. The van der Waals surface area contributed by atoms with Gasteiger partial charge >= 0.3 is 5.97 Å². The first-order valence-corrected chi connectivity index (χ1v) is 37.1. The quantitative estimate of drug-likeness (QED) is 0.0345. The molecule has 42 unspecified atom stereocenters. The number of ether oxygens (including phenoxy) is 14. The van der Waals surface area contributed by atoms with Crippen molar-refractivity contribution in [2.24, 2.45) is 50.2 Å². The number of carbonyl (C=O) groups is 1. The van der Waals surface area contributed by atoms with Gasteiger partial charge in [0.1, 0.15) is 146 Å². The monoisotopic (exact) mass is 1510 g/mol. The van der Waals surface area contributed by atoms with E-state index in [9.17, 15) is 102 Å². The lowest BCUT2D eigenvalue weighted by atomic mass is 9.33. The Hall–Kier alpha value is -2.11. The third kappa shape index (κ3) is 14.5. The highest BCUT2D eigenvalue weighted by Crippen LogP contribution is 2.76. The molecule has 7 aliphatic heterocycles. The summed E-state index contributed by atoms with van der Waals surface area (Å²) in [7, 11) is 0. The first kappa shape index (κ1) is 82.4. The summed E-state index contributed by atoms with van der Waals surface area (Å²) in [6, 6.07) is 0. The van der Waals surface area contributed by atoms with Crippen LogP contribution in [-0.4, -0.2) is 357 Å². The van der Waals surface area contributed by atoms with E-state index in [0.717, 1.165) is 5.57 Å². The molecule has 105 heavy (non-hydrogen) atoms. The van der Waals surface area contributed by atoms with Crippen LogP contribution < -0.4 is 0 Å². The van der Waals surface area contributed by atoms with Crippen molar-refractivity contribution in [3.63, 3.8) is 0 Å². The van der Waals surface area contributed by atoms with Gasteiger partial charge in [-0.2, -0.15) is 0 Å². The Kier molecular flexibility index (Phi) is 24.6. The van der Waals surface area contributed by atoms with Crippen molar-refractivity contribution in [3.8, 4) is 0 Å². The molecule has 5 aliphatic carbocycles. The summed E-state index contributed by atoms with van der Waals surface area (Å²) in [5.74, 6) is -1.13. The van der Waals surface area contributed by atoms with Crippen LogP contribution in [0.3, 0.4) is 0 Å². The number of esters is 1. The van der Waals surface area contributed by atoms with Gasteiger partial charge in [-0.25, -0.2) is 0 Å². The molecular formula is C70H114O35. The van der Waals surface area contributed by atoms with E-state index in [-0.39, 0.29) is 41.8 Å². The maximum Gasteiger partial charge on any atom is 0.315 e. The Morgan fingerprint density at radius 1 is 0.457 bits per heavy atom. The van der Waals surface area contributed by atoms with Crippen LogP contribution in [0.15, 0.2) is 11.6 Å². The third-order valence-electron chi connectivity index (χ3n) is 27.0. The molecule has 11 fully saturated rings. The summed E-state index contributed by atoms with van der Waals surface area (Å²) in [5, 5.41) is 219. The normalized spacial score (nSPS) is 55.2. The Morgan fingerprint density at radius 2 is 0.971 bits per heavy atom. The summed E-state index contributed by atoms with van der Waals surface area (Å²) >= 11 is 0. The number of aliphatic hydroxyl groups excluding tert-OH is 20. The zero-order valence-corrected chi connectivity index (χ0v) is 60.3. The molecule has 12 aliphatic rings. The van der Waals surface area contributed by atoms with E-state index in [0.29, 0.717) is 64.2 Å². The van der Waals surface area contributed by atoms with Crippen molar-refractivity contribution in [3.05, 3.63) is 11.6 Å². The fourth-order valence-electron chi connectivity index (χ4n) is 20.2. The number of carbonyl (C=O) groups excluding carboxylic acids is 1. The number of allylic oxidation sites excluding steroid dienone is 2. The number of aliphatic hydroxyl groups is 20. The van der Waals surface area contributed by atoms with Crippen molar-refractivity contribution < 1.29 is 173 Å². The van der Waals surface area contributed by atoms with Crippen LogP contribution in [-0.2, 0) is 71.1 Å². The molecule has 0 amide bonds. The van der Waals surface area contributed by atoms with Crippen LogP contribution in [0.4, 0.5) is 0 Å². The standard InChI is InChI=1S/C70H114O35/c1-26-38(76)54(102-58-47(85)40(78)30(74)22-92-58)51(89)62(96-26)104-56-41(79)31(75)23-93-63(56)100-37-12-13-66(5)35(67(37,6)25-73)11-14-69(8)36(66)10-9-28-29-19-65(3,4)15-17-70(29,18-16-68(28,69)7)64(91)105-60-49(87)45(83)43(81)34(99-60)24-94-57-50(88)46(84)53(33(21-72)98-57)101-61-52(90)55(39(77)27(2)95-61)103-59-48(86)44(82)42(80)32(20-71)97-59/h9,26-27,29-63,71-90H,10-25H2,1-8H3. The highest BCUT2D eigenvalue weighted by molar-refractivity contribution is 5.79. The van der Waals surface area contributed by atoms with Crippen molar-refractivity contribution in [2.75, 3.05) is 39.6 Å². The van der Waals surface area contributed by atoms with Crippen LogP contribution >= 0.6 is 0 Å². The van der Waals surface area contributed by atoms with Crippen molar-refractivity contribution >= 4 is 5.97 Å². The second-order valence-electron chi connectivity index (χ2n) is 33.7. The minimum absolute atomic E-state index is 0.0487. The van der Waals surface area contributed by atoms with Crippen molar-refractivity contribution in [1.29, 1.82) is 0 Å². The summed E-state index contributed by atoms with van der Waals surface area (Å²) in [6.07, 6.45) is -48.3. The molecule has 7 heterocycles. The van der Waals surface area contributed by atoms with E-state index >= 15 is 4.79 Å². The first-order valence-electron chi connectivity index (χ1n) is 37.1. The van der Waals surface area contributed by atoms with Crippen LogP contribution in [0.2, 0.25) is 0 Å². The lowest BCUT2D eigenvalue weighted by Crippen LogP contribution is -2.67. The van der Waals surface area contributed by atoms with Crippen LogP contribution in [0.25, 0.3) is 0 Å². The summed E-state index contributed by atoms with van der Waals surface area (Å²) in [4.78, 5) is 15.4. The van der Waals surface area contributed by atoms with Gasteiger partial charge in [-0.1, -0.05) is 53.2 Å². The van der Waals surface area contributed by atoms with Gasteiger partial charge in [0.2, 0.25) is 6.29 Å². The van der Waals surface area contributed by atoms with E-state index in [2.05, 4.69) is 40.7 Å². The molecule has 7 saturated heterocycles. The average molecular weight is 1520 g/mol. The van der Waals surface area contributed by atoms with Gasteiger partial charge in [0.15, 0.2) is 37.7 Å². The Labute approximate surface area is 607 Å². The van der Waals surface area contributed by atoms with Gasteiger partial charge in [0, 0.05) is 5.41 Å². The lowest BCUT2D eigenvalue weighted by molar-refractivity contribution is -0.379.